The minimum Gasteiger partial charge on any atom is -0.462 e. The van der Waals surface area contributed by atoms with Crippen molar-refractivity contribution in [2.24, 2.45) is 0 Å². The SMILES string of the molecule is CCOC(=O)c1ccc(NC(=O)C2CC(c3ccc(Cl)cc3)NN2)cc1. The summed E-state index contributed by atoms with van der Waals surface area (Å²) < 4.78 is 4.94. The Morgan fingerprint density at radius 3 is 2.46 bits per heavy atom. The van der Waals surface area contributed by atoms with Crippen LogP contribution in [0.2, 0.25) is 5.02 Å². The molecule has 2 aromatic carbocycles. The number of hydrazine groups is 1. The number of rotatable bonds is 5. The molecule has 0 spiro atoms. The smallest absolute Gasteiger partial charge is 0.338 e. The van der Waals surface area contributed by atoms with Crippen molar-refractivity contribution in [2.75, 3.05) is 11.9 Å². The van der Waals surface area contributed by atoms with E-state index in [9.17, 15) is 9.59 Å². The number of amides is 1. The number of hydrogen-bond donors (Lipinski definition) is 3. The van der Waals surface area contributed by atoms with Gasteiger partial charge in [-0.3, -0.25) is 4.79 Å². The lowest BCUT2D eigenvalue weighted by atomic mass is 10.0. The second kappa shape index (κ2) is 8.31. The van der Waals surface area contributed by atoms with E-state index < -0.39 is 0 Å². The van der Waals surface area contributed by atoms with E-state index in [2.05, 4.69) is 16.2 Å². The van der Waals surface area contributed by atoms with Crippen molar-refractivity contribution >= 4 is 29.2 Å². The predicted molar refractivity (Wildman–Crippen MR) is 99.9 cm³/mol. The number of ether oxygens (including phenoxy) is 1. The van der Waals surface area contributed by atoms with E-state index in [0.29, 0.717) is 29.3 Å². The van der Waals surface area contributed by atoms with Gasteiger partial charge in [-0.25, -0.2) is 15.6 Å². The zero-order valence-electron chi connectivity index (χ0n) is 14.3. The van der Waals surface area contributed by atoms with Crippen molar-refractivity contribution in [1.82, 2.24) is 10.9 Å². The van der Waals surface area contributed by atoms with Gasteiger partial charge in [0.2, 0.25) is 5.91 Å². The fraction of sp³-hybridized carbons (Fsp3) is 0.263. The number of carbonyl (C=O) groups is 2. The first-order chi connectivity index (χ1) is 12.6. The van der Waals surface area contributed by atoms with Gasteiger partial charge in [-0.15, -0.1) is 0 Å². The summed E-state index contributed by atoms with van der Waals surface area (Å²) in [6, 6.07) is 13.8. The van der Waals surface area contributed by atoms with Crippen LogP contribution in [0, 0.1) is 0 Å². The molecule has 3 rings (SSSR count). The van der Waals surface area contributed by atoms with Gasteiger partial charge in [0.1, 0.15) is 6.04 Å². The topological polar surface area (TPSA) is 79.5 Å². The summed E-state index contributed by atoms with van der Waals surface area (Å²) in [6.07, 6.45) is 0.619. The number of nitrogens with one attached hydrogen (secondary N) is 3. The lowest BCUT2D eigenvalue weighted by Crippen LogP contribution is -2.39. The van der Waals surface area contributed by atoms with Crippen molar-refractivity contribution in [2.45, 2.75) is 25.4 Å². The number of esters is 1. The van der Waals surface area contributed by atoms with Gasteiger partial charge in [0.25, 0.3) is 0 Å². The van der Waals surface area contributed by atoms with Gasteiger partial charge >= 0.3 is 5.97 Å². The van der Waals surface area contributed by atoms with Crippen molar-refractivity contribution in [3.05, 3.63) is 64.7 Å². The van der Waals surface area contributed by atoms with Crippen LogP contribution >= 0.6 is 11.6 Å². The third kappa shape index (κ3) is 4.40. The zero-order chi connectivity index (χ0) is 18.5. The molecule has 26 heavy (non-hydrogen) atoms. The molecule has 1 heterocycles. The van der Waals surface area contributed by atoms with Crippen molar-refractivity contribution < 1.29 is 14.3 Å². The maximum Gasteiger partial charge on any atom is 0.338 e. The van der Waals surface area contributed by atoms with Gasteiger partial charge in [0, 0.05) is 16.8 Å². The first-order valence-corrected chi connectivity index (χ1v) is 8.79. The van der Waals surface area contributed by atoms with E-state index in [0.717, 1.165) is 5.56 Å². The van der Waals surface area contributed by atoms with Gasteiger partial charge in [0.05, 0.1) is 12.2 Å². The molecule has 0 aromatic heterocycles. The summed E-state index contributed by atoms with van der Waals surface area (Å²) in [5.41, 5.74) is 8.29. The van der Waals surface area contributed by atoms with Crippen LogP contribution in [-0.4, -0.2) is 24.5 Å². The highest BCUT2D eigenvalue weighted by atomic mass is 35.5. The molecule has 1 saturated heterocycles. The maximum atomic E-state index is 12.4. The van der Waals surface area contributed by atoms with Crippen LogP contribution < -0.4 is 16.2 Å². The molecule has 1 aliphatic heterocycles. The van der Waals surface area contributed by atoms with Crippen molar-refractivity contribution in [3.8, 4) is 0 Å². The van der Waals surface area contributed by atoms with Crippen LogP contribution in [0.3, 0.4) is 0 Å². The van der Waals surface area contributed by atoms with E-state index >= 15 is 0 Å². The van der Waals surface area contributed by atoms with Crippen molar-refractivity contribution in [1.29, 1.82) is 0 Å². The zero-order valence-corrected chi connectivity index (χ0v) is 15.0. The van der Waals surface area contributed by atoms with Crippen LogP contribution in [0.25, 0.3) is 0 Å². The average molecular weight is 374 g/mol. The van der Waals surface area contributed by atoms with Crippen LogP contribution in [0.5, 0.6) is 0 Å². The van der Waals surface area contributed by atoms with Gasteiger partial charge < -0.3 is 10.1 Å². The fourth-order valence-electron chi connectivity index (χ4n) is 2.78. The first kappa shape index (κ1) is 18.4. The highest BCUT2D eigenvalue weighted by Crippen LogP contribution is 2.24. The summed E-state index contributed by atoms with van der Waals surface area (Å²) in [5, 5.41) is 3.53. The largest absolute Gasteiger partial charge is 0.462 e. The van der Waals surface area contributed by atoms with Crippen LogP contribution in [0.15, 0.2) is 48.5 Å². The summed E-state index contributed by atoms with van der Waals surface area (Å²) in [7, 11) is 0. The minimum atomic E-state index is -0.377. The molecule has 1 fully saturated rings. The first-order valence-electron chi connectivity index (χ1n) is 8.41. The molecule has 1 amide bonds. The van der Waals surface area contributed by atoms with E-state index in [1.54, 1.807) is 31.2 Å². The fourth-order valence-corrected chi connectivity index (χ4v) is 2.90. The molecule has 0 bridgehead atoms. The molecule has 3 N–H and O–H groups in total. The summed E-state index contributed by atoms with van der Waals surface area (Å²) in [6.45, 7) is 2.08. The summed E-state index contributed by atoms with van der Waals surface area (Å²) in [5.74, 6) is -0.518. The Balaban J connectivity index is 1.57. The molecule has 6 nitrogen and oxygen atoms in total. The van der Waals surface area contributed by atoms with Crippen molar-refractivity contribution in [3.63, 3.8) is 0 Å². The monoisotopic (exact) mass is 373 g/mol. The molecule has 7 heteroatoms. The van der Waals surface area contributed by atoms with Gasteiger partial charge in [0.15, 0.2) is 0 Å². The number of hydrogen-bond acceptors (Lipinski definition) is 5. The number of carbonyl (C=O) groups excluding carboxylic acids is 2. The standard InChI is InChI=1S/C19H20ClN3O3/c1-2-26-19(25)13-5-9-15(10-6-13)21-18(24)17-11-16(22-23-17)12-3-7-14(20)8-4-12/h3-10,16-17,22-23H,2,11H2,1H3,(H,21,24). The highest BCUT2D eigenvalue weighted by molar-refractivity contribution is 6.30. The molecule has 136 valence electrons. The number of benzene rings is 2. The van der Waals surface area contributed by atoms with Gasteiger partial charge in [-0.05, 0) is 55.3 Å². The normalized spacial score (nSPS) is 19.2. The third-order valence-corrected chi connectivity index (χ3v) is 4.41. The summed E-state index contributed by atoms with van der Waals surface area (Å²) >= 11 is 5.91. The third-order valence-electron chi connectivity index (χ3n) is 4.16. The molecule has 2 aromatic rings. The molecule has 0 radical (unpaired) electrons. The Labute approximate surface area is 156 Å². The number of halogens is 1. The van der Waals surface area contributed by atoms with E-state index in [4.69, 9.17) is 16.3 Å². The quantitative estimate of drug-likeness (QED) is 0.702. The van der Waals surface area contributed by atoms with E-state index in [1.807, 2.05) is 24.3 Å². The molecular weight excluding hydrogens is 354 g/mol. The second-order valence-electron chi connectivity index (χ2n) is 5.97. The summed E-state index contributed by atoms with van der Waals surface area (Å²) in [4.78, 5) is 24.1. The van der Waals surface area contributed by atoms with E-state index in [1.165, 1.54) is 0 Å². The van der Waals surface area contributed by atoms with Gasteiger partial charge in [-0.1, -0.05) is 23.7 Å². The molecule has 2 unspecified atom stereocenters. The minimum absolute atomic E-state index is 0.0363. The molecule has 0 saturated carbocycles. The van der Waals surface area contributed by atoms with Crippen LogP contribution in [-0.2, 0) is 9.53 Å². The Morgan fingerprint density at radius 2 is 1.81 bits per heavy atom. The van der Waals surface area contributed by atoms with Crippen LogP contribution in [0.4, 0.5) is 5.69 Å². The Morgan fingerprint density at radius 1 is 1.12 bits per heavy atom. The second-order valence-corrected chi connectivity index (χ2v) is 6.40. The molecule has 0 aliphatic carbocycles. The lowest BCUT2D eigenvalue weighted by molar-refractivity contribution is -0.117. The predicted octanol–water partition coefficient (Wildman–Crippen LogP) is 3.06. The van der Waals surface area contributed by atoms with Crippen LogP contribution in [0.1, 0.15) is 35.3 Å². The van der Waals surface area contributed by atoms with E-state index in [-0.39, 0.29) is 24.0 Å². The lowest BCUT2D eigenvalue weighted by Gasteiger charge is -2.11. The Hall–Kier alpha value is -2.41. The van der Waals surface area contributed by atoms with Gasteiger partial charge in [-0.2, -0.15) is 0 Å². The molecule has 2 atom stereocenters. The highest BCUT2D eigenvalue weighted by Gasteiger charge is 2.30. The Bertz CT molecular complexity index is 778. The number of anilines is 1. The Kier molecular flexibility index (Phi) is 5.88. The maximum absolute atomic E-state index is 12.4. The molecule has 1 aliphatic rings. The molecular formula is C19H20ClN3O3. The average Bonchev–Trinajstić information content (AvgIpc) is 3.13.